The van der Waals surface area contributed by atoms with Crippen LogP contribution in [0.4, 0.5) is 31.9 Å². The van der Waals surface area contributed by atoms with E-state index < -0.39 is 17.9 Å². The molecule has 9 nitrogen and oxygen atoms in total. The van der Waals surface area contributed by atoms with Gasteiger partial charge in [-0.1, -0.05) is 12.8 Å². The number of carbonyl (C=O) groups excluding carboxylic acids is 2. The van der Waals surface area contributed by atoms with Gasteiger partial charge in [-0.15, -0.1) is 0 Å². The molecule has 1 aromatic heterocycles. The van der Waals surface area contributed by atoms with Crippen LogP contribution in [0.1, 0.15) is 68.1 Å². The molecule has 2 amide bonds. The van der Waals surface area contributed by atoms with Gasteiger partial charge in [0.05, 0.1) is 24.4 Å². The molecule has 2 N–H and O–H groups in total. The van der Waals surface area contributed by atoms with E-state index in [1.807, 2.05) is 0 Å². The quantitative estimate of drug-likeness (QED) is 0.550. The number of benzene rings is 1. The van der Waals surface area contributed by atoms with Crippen LogP contribution in [0.25, 0.3) is 0 Å². The predicted molar refractivity (Wildman–Crippen MR) is 143 cm³/mol. The van der Waals surface area contributed by atoms with Gasteiger partial charge >= 0.3 is 0 Å². The van der Waals surface area contributed by atoms with Gasteiger partial charge in [0.2, 0.25) is 17.8 Å². The van der Waals surface area contributed by atoms with Crippen molar-refractivity contribution in [3.8, 4) is 5.75 Å². The Bertz CT molecular complexity index is 1290. The number of aromatic nitrogens is 2. The van der Waals surface area contributed by atoms with Gasteiger partial charge < -0.3 is 25.2 Å². The lowest BCUT2D eigenvalue weighted by Crippen LogP contribution is -2.41. The molecule has 208 valence electrons. The van der Waals surface area contributed by atoms with Crippen molar-refractivity contribution in [2.75, 3.05) is 35.8 Å². The molecule has 4 aliphatic rings. The van der Waals surface area contributed by atoms with Crippen LogP contribution in [0.2, 0.25) is 0 Å². The number of hydrogen-bond donors (Lipinski definition) is 2. The molecule has 1 spiro atoms. The number of ether oxygens (including phenoxy) is 1. The summed E-state index contributed by atoms with van der Waals surface area (Å²) in [4.78, 5) is 39.4. The van der Waals surface area contributed by atoms with Crippen LogP contribution >= 0.6 is 0 Å². The molecule has 0 saturated heterocycles. The summed E-state index contributed by atoms with van der Waals surface area (Å²) in [5.74, 6) is -1.51. The lowest BCUT2D eigenvalue weighted by molar-refractivity contribution is -0.122. The number of amides is 2. The fourth-order valence-corrected chi connectivity index (χ4v) is 6.25. The molecule has 3 saturated carbocycles. The van der Waals surface area contributed by atoms with Gasteiger partial charge in [-0.05, 0) is 50.3 Å². The molecule has 1 aliphatic heterocycles. The molecule has 1 atom stereocenters. The zero-order chi connectivity index (χ0) is 27.4. The molecule has 2 aromatic rings. The summed E-state index contributed by atoms with van der Waals surface area (Å²) in [7, 11) is 3.30. The minimum Gasteiger partial charge on any atom is -0.495 e. The number of nitrogens with zero attached hydrogens (tertiary/aromatic N) is 4. The molecular formula is C28H34F2N6O3. The fraction of sp³-hybridized carbons (Fsp3) is 0.571. The maximum absolute atomic E-state index is 13.5. The monoisotopic (exact) mass is 540 g/mol. The van der Waals surface area contributed by atoms with Crippen molar-refractivity contribution >= 4 is 35.0 Å². The van der Waals surface area contributed by atoms with Gasteiger partial charge in [0.15, 0.2) is 5.82 Å². The maximum Gasteiger partial charge on any atom is 0.251 e. The zero-order valence-electron chi connectivity index (χ0n) is 22.3. The van der Waals surface area contributed by atoms with Crippen LogP contribution in [0.3, 0.4) is 0 Å². The van der Waals surface area contributed by atoms with E-state index in [4.69, 9.17) is 9.72 Å². The molecule has 1 unspecified atom stereocenters. The average Bonchev–Trinajstić information content (AvgIpc) is 3.36. The van der Waals surface area contributed by atoms with Crippen molar-refractivity contribution in [1.29, 1.82) is 0 Å². The minimum absolute atomic E-state index is 0.130. The van der Waals surface area contributed by atoms with E-state index in [-0.39, 0.29) is 30.6 Å². The van der Waals surface area contributed by atoms with Gasteiger partial charge in [0.25, 0.3) is 5.91 Å². The normalized spacial score (nSPS) is 23.5. The largest absolute Gasteiger partial charge is 0.495 e. The van der Waals surface area contributed by atoms with Gasteiger partial charge in [0, 0.05) is 44.1 Å². The van der Waals surface area contributed by atoms with Crippen LogP contribution in [-0.4, -0.2) is 60.5 Å². The van der Waals surface area contributed by atoms with E-state index in [1.165, 1.54) is 20.0 Å². The molecule has 11 heteroatoms. The predicted octanol–water partition coefficient (Wildman–Crippen LogP) is 4.65. The molecule has 3 fully saturated rings. The van der Waals surface area contributed by atoms with Gasteiger partial charge in [-0.3, -0.25) is 9.59 Å². The van der Waals surface area contributed by atoms with Crippen LogP contribution in [-0.2, 0) is 4.79 Å². The molecule has 6 rings (SSSR count). The highest BCUT2D eigenvalue weighted by molar-refractivity contribution is 6.03. The summed E-state index contributed by atoms with van der Waals surface area (Å²) in [6, 6.07) is 4.67. The summed E-state index contributed by atoms with van der Waals surface area (Å²) in [6.07, 6.45) is 7.68. The number of anilines is 4. The summed E-state index contributed by atoms with van der Waals surface area (Å²) < 4.78 is 32.6. The lowest BCUT2D eigenvalue weighted by atomic mass is 10.0. The Morgan fingerprint density at radius 2 is 1.92 bits per heavy atom. The number of fused-ring (bicyclic) bond motifs is 1. The Labute approximate surface area is 226 Å². The number of hydrogen-bond acceptors (Lipinski definition) is 7. The van der Waals surface area contributed by atoms with Crippen molar-refractivity contribution in [2.45, 2.75) is 75.8 Å². The first-order valence-electron chi connectivity index (χ1n) is 13.7. The Balaban J connectivity index is 1.25. The van der Waals surface area contributed by atoms with E-state index in [1.54, 1.807) is 36.3 Å². The van der Waals surface area contributed by atoms with Gasteiger partial charge in [-0.25, -0.2) is 13.8 Å². The molecule has 1 aromatic carbocycles. The smallest absolute Gasteiger partial charge is 0.251 e. The van der Waals surface area contributed by atoms with Gasteiger partial charge in [-0.2, -0.15) is 4.98 Å². The van der Waals surface area contributed by atoms with Crippen molar-refractivity contribution in [1.82, 2.24) is 15.3 Å². The summed E-state index contributed by atoms with van der Waals surface area (Å²) in [5.41, 5.74) is 1.25. The van der Waals surface area contributed by atoms with Crippen LogP contribution in [0, 0.1) is 5.41 Å². The molecule has 0 radical (unpaired) electrons. The first-order chi connectivity index (χ1) is 18.7. The maximum atomic E-state index is 13.5. The zero-order valence-corrected chi connectivity index (χ0v) is 22.3. The first kappa shape index (κ1) is 25.8. The topological polar surface area (TPSA) is 99.7 Å². The SMILES string of the molecule is COc1cc(C(=O)NC2CCC(F)(F)C2)ccc1Nc1ncc2c(n1)N(C1CCCC1)CC1(CC1)C(=O)N2C. The lowest BCUT2D eigenvalue weighted by Gasteiger charge is -2.31. The van der Waals surface area contributed by atoms with Crippen LogP contribution < -0.4 is 25.2 Å². The van der Waals surface area contributed by atoms with E-state index in [0.717, 1.165) is 31.5 Å². The Hall–Kier alpha value is -3.50. The van der Waals surface area contributed by atoms with Crippen molar-refractivity contribution in [3.05, 3.63) is 30.0 Å². The van der Waals surface area contributed by atoms with Crippen molar-refractivity contribution in [2.24, 2.45) is 5.41 Å². The van der Waals surface area contributed by atoms with E-state index in [2.05, 4.69) is 20.5 Å². The van der Waals surface area contributed by atoms with Crippen LogP contribution in [0.5, 0.6) is 5.75 Å². The summed E-state index contributed by atoms with van der Waals surface area (Å²) in [5, 5.41) is 5.91. The summed E-state index contributed by atoms with van der Waals surface area (Å²) in [6.45, 7) is 0.671. The highest BCUT2D eigenvalue weighted by Crippen LogP contribution is 2.52. The molecular weight excluding hydrogens is 506 g/mol. The molecule has 2 heterocycles. The minimum atomic E-state index is -2.73. The molecule has 3 aliphatic carbocycles. The third-order valence-electron chi connectivity index (χ3n) is 8.68. The highest BCUT2D eigenvalue weighted by Gasteiger charge is 2.55. The second kappa shape index (κ2) is 9.60. The van der Waals surface area contributed by atoms with Crippen LogP contribution in [0.15, 0.2) is 24.4 Å². The number of nitrogens with one attached hydrogen (secondary N) is 2. The highest BCUT2D eigenvalue weighted by atomic mass is 19.3. The Kier molecular flexibility index (Phi) is 6.34. The number of halogens is 2. The molecule has 39 heavy (non-hydrogen) atoms. The Morgan fingerprint density at radius 1 is 1.15 bits per heavy atom. The number of carbonyl (C=O) groups is 2. The first-order valence-corrected chi connectivity index (χ1v) is 13.7. The Morgan fingerprint density at radius 3 is 2.59 bits per heavy atom. The molecule has 0 bridgehead atoms. The van der Waals surface area contributed by atoms with Crippen molar-refractivity contribution in [3.63, 3.8) is 0 Å². The second-order valence-corrected chi connectivity index (χ2v) is 11.4. The standard InChI is InChI=1S/C28H34F2N6O3/c1-35-21-15-31-26(34-23(21)36(19-5-3-4-6-19)16-27(11-12-27)25(35)38)33-20-8-7-17(13-22(20)39-2)24(37)32-18-9-10-28(29,30)14-18/h7-8,13,15,18-19H,3-6,9-12,14,16H2,1-2H3,(H,32,37)(H,31,33,34). The van der Waals surface area contributed by atoms with E-state index in [0.29, 0.717) is 41.2 Å². The number of rotatable bonds is 6. The van der Waals surface area contributed by atoms with E-state index in [9.17, 15) is 18.4 Å². The van der Waals surface area contributed by atoms with Crippen molar-refractivity contribution < 1.29 is 23.1 Å². The second-order valence-electron chi connectivity index (χ2n) is 11.4. The number of alkyl halides is 2. The third kappa shape index (κ3) is 4.87. The summed E-state index contributed by atoms with van der Waals surface area (Å²) >= 11 is 0. The van der Waals surface area contributed by atoms with E-state index >= 15 is 0 Å². The third-order valence-corrected chi connectivity index (χ3v) is 8.68. The van der Waals surface area contributed by atoms with Gasteiger partial charge in [0.1, 0.15) is 11.4 Å². The number of methoxy groups -OCH3 is 1. The average molecular weight is 541 g/mol. The fourth-order valence-electron chi connectivity index (χ4n) is 6.25.